The van der Waals surface area contributed by atoms with Crippen molar-refractivity contribution in [1.82, 2.24) is 0 Å². The normalized spacial score (nSPS) is 21.6. The molecule has 0 N–H and O–H groups in total. The first-order chi connectivity index (χ1) is 21.5. The Hall–Kier alpha value is -4.30. The maximum atomic E-state index is 7.57. The maximum Gasteiger partial charge on any atom is 0.178 e. The van der Waals surface area contributed by atoms with E-state index >= 15 is 0 Å². The second-order valence-electron chi connectivity index (χ2n) is 15.5. The molecule has 1 aliphatic heterocycles. The second kappa shape index (κ2) is 9.60. The molecule has 1 atom stereocenters. The van der Waals surface area contributed by atoms with Crippen LogP contribution in [0.15, 0.2) is 109 Å². The van der Waals surface area contributed by atoms with Gasteiger partial charge in [0.25, 0.3) is 0 Å². The van der Waals surface area contributed by atoms with Crippen molar-refractivity contribution in [2.45, 2.75) is 58.0 Å². The van der Waals surface area contributed by atoms with Gasteiger partial charge < -0.3 is 9.64 Å². The van der Waals surface area contributed by atoms with Crippen LogP contribution in [0.25, 0.3) is 28.0 Å². The minimum atomic E-state index is -0.750. The summed E-state index contributed by atoms with van der Waals surface area (Å²) in [5.41, 5.74) is 10.0. The second-order valence-corrected chi connectivity index (χ2v) is 15.5. The number of anilines is 1. The van der Waals surface area contributed by atoms with Gasteiger partial charge in [-0.05, 0) is 75.9 Å². The van der Waals surface area contributed by atoms with Crippen LogP contribution in [0.3, 0.4) is 0 Å². The van der Waals surface area contributed by atoms with Crippen LogP contribution < -0.4 is 9.64 Å². The highest BCUT2D eigenvalue weighted by Gasteiger charge is 2.55. The summed E-state index contributed by atoms with van der Waals surface area (Å²) in [6.07, 6.45) is 8.23. The molecule has 5 aromatic rings. The minimum Gasteiger partial charge on any atom is -0.472 e. The van der Waals surface area contributed by atoms with E-state index in [-0.39, 0.29) is 16.2 Å². The molecular formula is C43H43NO. The average molecular weight is 590 g/mol. The fourth-order valence-electron chi connectivity index (χ4n) is 9.78. The van der Waals surface area contributed by atoms with Gasteiger partial charge in [0.1, 0.15) is 5.75 Å². The molecule has 2 heteroatoms. The number of hydrogen-bond acceptors (Lipinski definition) is 2. The minimum absolute atomic E-state index is 0.0842. The van der Waals surface area contributed by atoms with Crippen LogP contribution in [0.4, 0.5) is 5.69 Å². The Balaban J connectivity index is 1.44. The first kappa shape index (κ1) is 28.2. The zero-order valence-corrected chi connectivity index (χ0v) is 27.4. The van der Waals surface area contributed by atoms with E-state index in [1.807, 2.05) is 0 Å². The van der Waals surface area contributed by atoms with E-state index < -0.39 is 5.60 Å². The fourth-order valence-corrected chi connectivity index (χ4v) is 9.78. The van der Waals surface area contributed by atoms with Crippen molar-refractivity contribution >= 4 is 22.5 Å². The van der Waals surface area contributed by atoms with Gasteiger partial charge in [-0.1, -0.05) is 125 Å². The van der Waals surface area contributed by atoms with Gasteiger partial charge in [0.05, 0.1) is 0 Å². The molecule has 0 saturated heterocycles. The lowest BCUT2D eigenvalue weighted by Gasteiger charge is -2.52. The number of fused-ring (bicyclic) bond motifs is 10. The van der Waals surface area contributed by atoms with Gasteiger partial charge in [0.2, 0.25) is 0 Å². The molecule has 2 aliphatic carbocycles. The Bertz CT molecular complexity index is 1960. The summed E-state index contributed by atoms with van der Waals surface area (Å²) in [6, 6.07) is 37.8. The van der Waals surface area contributed by atoms with E-state index in [9.17, 15) is 0 Å². The lowest BCUT2D eigenvalue weighted by atomic mass is 9.52. The van der Waals surface area contributed by atoms with E-state index in [0.717, 1.165) is 29.7 Å². The number of benzene rings is 5. The van der Waals surface area contributed by atoms with Crippen LogP contribution >= 0.6 is 0 Å². The monoisotopic (exact) mass is 589 g/mol. The topological polar surface area (TPSA) is 12.5 Å². The van der Waals surface area contributed by atoms with Gasteiger partial charge in [0, 0.05) is 47.3 Å². The zero-order chi connectivity index (χ0) is 31.2. The number of nitrogens with zero attached hydrogens (tertiary/aromatic N) is 1. The quantitative estimate of drug-likeness (QED) is 0.208. The summed E-state index contributed by atoms with van der Waals surface area (Å²) < 4.78 is 7.57. The highest BCUT2D eigenvalue weighted by atomic mass is 16.5. The van der Waals surface area contributed by atoms with Crippen molar-refractivity contribution in [3.8, 4) is 16.9 Å². The number of rotatable bonds is 3. The van der Waals surface area contributed by atoms with E-state index in [0.29, 0.717) is 0 Å². The molecule has 226 valence electrons. The molecule has 2 nitrogen and oxygen atoms in total. The molecule has 0 bridgehead atoms. The molecule has 1 unspecified atom stereocenters. The molecule has 0 amide bonds. The molecule has 1 fully saturated rings. The van der Waals surface area contributed by atoms with Crippen molar-refractivity contribution in [3.63, 3.8) is 0 Å². The third-order valence-electron chi connectivity index (χ3n) is 10.7. The van der Waals surface area contributed by atoms with Crippen LogP contribution in [0.5, 0.6) is 5.75 Å². The molecule has 0 aromatic heterocycles. The van der Waals surface area contributed by atoms with Gasteiger partial charge in [-0.15, -0.1) is 0 Å². The van der Waals surface area contributed by atoms with Crippen molar-refractivity contribution in [2.24, 2.45) is 10.8 Å². The first-order valence-electron chi connectivity index (χ1n) is 16.4. The Labute approximate surface area is 268 Å². The predicted octanol–water partition coefficient (Wildman–Crippen LogP) is 10.8. The summed E-state index contributed by atoms with van der Waals surface area (Å²) in [6.45, 7) is 9.92. The summed E-state index contributed by atoms with van der Waals surface area (Å²) >= 11 is 0. The smallest absolute Gasteiger partial charge is 0.178 e. The summed E-state index contributed by atoms with van der Waals surface area (Å²) in [4.78, 5) is 2.15. The molecule has 1 heterocycles. The SMILES string of the molecule is CN(C)c1ccc(C2(c3ccccc3)C=Cc3c4c(c5ccccc5c3O2)-c2ccccc2C42CC(C)(C)CC(C)(C)C2)cc1. The third kappa shape index (κ3) is 4.14. The molecule has 45 heavy (non-hydrogen) atoms. The van der Waals surface area contributed by atoms with Gasteiger partial charge in [-0.3, -0.25) is 0 Å². The van der Waals surface area contributed by atoms with Gasteiger partial charge >= 0.3 is 0 Å². The van der Waals surface area contributed by atoms with Crippen LogP contribution in [0.2, 0.25) is 0 Å². The van der Waals surface area contributed by atoms with Gasteiger partial charge in [0.15, 0.2) is 5.60 Å². The van der Waals surface area contributed by atoms with Crippen molar-refractivity contribution < 1.29 is 4.74 Å². The maximum absolute atomic E-state index is 7.57. The summed E-state index contributed by atoms with van der Waals surface area (Å²) in [5, 5.41) is 2.47. The van der Waals surface area contributed by atoms with Crippen LogP contribution in [-0.2, 0) is 11.0 Å². The standard InChI is InChI=1S/C43H43NO/c1-40(2)26-41(3,4)28-42(27-40)36-19-13-12-18-34(36)37-32-16-10-11-17-33(32)39-35(38(37)42)24-25-43(45-39,29-14-8-7-9-15-29)30-20-22-31(23-21-30)44(5)6/h7-25H,26-28H2,1-6H3. The molecule has 3 aliphatic rings. The number of hydrogen-bond donors (Lipinski definition) is 0. The van der Waals surface area contributed by atoms with Crippen molar-refractivity contribution in [2.75, 3.05) is 19.0 Å². The number of ether oxygens (including phenoxy) is 1. The lowest BCUT2D eigenvalue weighted by molar-refractivity contribution is 0.0642. The average Bonchev–Trinajstić information content (AvgIpc) is 3.28. The molecular weight excluding hydrogens is 546 g/mol. The fraction of sp³-hybridized carbons (Fsp3) is 0.302. The van der Waals surface area contributed by atoms with Crippen LogP contribution in [0.1, 0.15) is 74.8 Å². The van der Waals surface area contributed by atoms with Crippen LogP contribution in [0, 0.1) is 10.8 Å². The molecule has 1 saturated carbocycles. The molecule has 5 aromatic carbocycles. The Morgan fingerprint density at radius 2 is 1.22 bits per heavy atom. The highest BCUT2D eigenvalue weighted by Crippen LogP contribution is 2.66. The highest BCUT2D eigenvalue weighted by molar-refractivity contribution is 6.08. The Morgan fingerprint density at radius 3 is 1.91 bits per heavy atom. The molecule has 0 radical (unpaired) electrons. The molecule has 1 spiro atoms. The first-order valence-corrected chi connectivity index (χ1v) is 16.4. The Morgan fingerprint density at radius 1 is 0.622 bits per heavy atom. The van der Waals surface area contributed by atoms with Crippen molar-refractivity contribution in [1.29, 1.82) is 0 Å². The van der Waals surface area contributed by atoms with E-state index in [2.05, 4.69) is 162 Å². The third-order valence-corrected chi connectivity index (χ3v) is 10.7. The summed E-state index contributed by atoms with van der Waals surface area (Å²) in [7, 11) is 4.17. The zero-order valence-electron chi connectivity index (χ0n) is 27.4. The van der Waals surface area contributed by atoms with Crippen LogP contribution in [-0.4, -0.2) is 14.1 Å². The lowest BCUT2D eigenvalue weighted by Crippen LogP contribution is -2.44. The Kier molecular flexibility index (Phi) is 6.01. The van der Waals surface area contributed by atoms with E-state index in [4.69, 9.17) is 4.74 Å². The van der Waals surface area contributed by atoms with E-state index in [1.165, 1.54) is 50.7 Å². The van der Waals surface area contributed by atoms with Crippen molar-refractivity contribution in [3.05, 3.63) is 137 Å². The van der Waals surface area contributed by atoms with Gasteiger partial charge in [-0.25, -0.2) is 0 Å². The molecule has 8 rings (SSSR count). The predicted molar refractivity (Wildman–Crippen MR) is 189 cm³/mol. The van der Waals surface area contributed by atoms with E-state index in [1.54, 1.807) is 0 Å². The van der Waals surface area contributed by atoms with Gasteiger partial charge in [-0.2, -0.15) is 0 Å². The summed E-state index contributed by atoms with van der Waals surface area (Å²) in [5.74, 6) is 1.00. The largest absolute Gasteiger partial charge is 0.472 e.